The minimum absolute atomic E-state index is 0.221. The molecular formula is C11H17FN2O2S2. The fourth-order valence-corrected chi connectivity index (χ4v) is 3.06. The second-order valence-corrected chi connectivity index (χ2v) is 6.51. The Morgan fingerprint density at radius 3 is 2.78 bits per heavy atom. The Kier molecular flexibility index (Phi) is 5.90. The van der Waals surface area contributed by atoms with Crippen LogP contribution in [0.4, 0.5) is 10.1 Å². The van der Waals surface area contributed by atoms with Gasteiger partial charge in [0.2, 0.25) is 10.0 Å². The predicted octanol–water partition coefficient (Wildman–Crippen LogP) is 1.83. The first-order chi connectivity index (χ1) is 8.47. The van der Waals surface area contributed by atoms with Crippen molar-refractivity contribution < 1.29 is 12.8 Å². The Morgan fingerprint density at radius 2 is 2.11 bits per heavy atom. The number of nitrogens with two attached hydrogens (primary N) is 1. The van der Waals surface area contributed by atoms with Gasteiger partial charge in [-0.3, -0.25) is 0 Å². The molecule has 0 bridgehead atoms. The number of benzene rings is 1. The summed E-state index contributed by atoms with van der Waals surface area (Å²) in [7, 11) is -3.81. The van der Waals surface area contributed by atoms with E-state index in [1.807, 2.05) is 6.26 Å². The topological polar surface area (TPSA) is 72.2 Å². The minimum atomic E-state index is -3.81. The van der Waals surface area contributed by atoms with Crippen molar-refractivity contribution in [2.24, 2.45) is 0 Å². The Labute approximate surface area is 111 Å². The second kappa shape index (κ2) is 6.96. The molecule has 0 aliphatic rings. The lowest BCUT2D eigenvalue weighted by Gasteiger charge is -2.08. The van der Waals surface area contributed by atoms with E-state index >= 15 is 0 Å². The number of anilines is 1. The molecule has 4 nitrogen and oxygen atoms in total. The van der Waals surface area contributed by atoms with E-state index in [0.717, 1.165) is 30.7 Å². The van der Waals surface area contributed by atoms with Gasteiger partial charge in [-0.1, -0.05) is 0 Å². The van der Waals surface area contributed by atoms with Gasteiger partial charge in [0, 0.05) is 12.2 Å². The van der Waals surface area contributed by atoms with E-state index < -0.39 is 20.7 Å². The van der Waals surface area contributed by atoms with Gasteiger partial charge in [0.15, 0.2) is 0 Å². The van der Waals surface area contributed by atoms with Crippen molar-refractivity contribution in [3.8, 4) is 0 Å². The number of nitrogen functional groups attached to an aromatic ring is 1. The molecule has 0 aromatic heterocycles. The summed E-state index contributed by atoms with van der Waals surface area (Å²) in [6.07, 6.45) is 3.64. The summed E-state index contributed by atoms with van der Waals surface area (Å²) in [5.74, 6) is 0.190. The molecule has 0 radical (unpaired) electrons. The third-order valence-corrected chi connectivity index (χ3v) is 4.49. The maximum absolute atomic E-state index is 13.4. The van der Waals surface area contributed by atoms with Crippen LogP contribution in [-0.4, -0.2) is 27.0 Å². The zero-order valence-corrected chi connectivity index (χ0v) is 11.8. The van der Waals surface area contributed by atoms with E-state index in [2.05, 4.69) is 4.72 Å². The van der Waals surface area contributed by atoms with Gasteiger partial charge < -0.3 is 5.73 Å². The van der Waals surface area contributed by atoms with Gasteiger partial charge in [-0.25, -0.2) is 17.5 Å². The fourth-order valence-electron chi connectivity index (χ4n) is 1.38. The highest BCUT2D eigenvalue weighted by Crippen LogP contribution is 2.17. The number of sulfonamides is 1. The molecule has 0 saturated heterocycles. The summed E-state index contributed by atoms with van der Waals surface area (Å²) in [5, 5.41) is 0. The van der Waals surface area contributed by atoms with Gasteiger partial charge in [-0.2, -0.15) is 11.8 Å². The Hall–Kier alpha value is -0.790. The molecule has 0 unspecified atom stereocenters. The van der Waals surface area contributed by atoms with Gasteiger partial charge in [0.05, 0.1) is 0 Å². The normalized spacial score (nSPS) is 11.7. The maximum atomic E-state index is 13.4. The van der Waals surface area contributed by atoms with E-state index in [9.17, 15) is 12.8 Å². The summed E-state index contributed by atoms with van der Waals surface area (Å²) in [6.45, 7) is 0.303. The highest BCUT2D eigenvalue weighted by molar-refractivity contribution is 7.98. The van der Waals surface area contributed by atoms with Crippen molar-refractivity contribution in [3.63, 3.8) is 0 Å². The molecule has 18 heavy (non-hydrogen) atoms. The van der Waals surface area contributed by atoms with Crippen molar-refractivity contribution in [3.05, 3.63) is 24.0 Å². The van der Waals surface area contributed by atoms with Crippen LogP contribution in [0.25, 0.3) is 0 Å². The van der Waals surface area contributed by atoms with Crippen LogP contribution in [0.15, 0.2) is 23.1 Å². The van der Waals surface area contributed by atoms with Crippen LogP contribution in [0.1, 0.15) is 12.8 Å². The zero-order valence-electron chi connectivity index (χ0n) is 10.1. The summed E-state index contributed by atoms with van der Waals surface area (Å²) in [6, 6.07) is 3.50. The van der Waals surface area contributed by atoms with Crippen LogP contribution in [0, 0.1) is 5.82 Å². The summed E-state index contributed by atoms with van der Waals surface area (Å²) >= 11 is 1.71. The molecule has 0 aliphatic carbocycles. The van der Waals surface area contributed by atoms with Crippen LogP contribution < -0.4 is 10.5 Å². The smallest absolute Gasteiger partial charge is 0.243 e. The quantitative estimate of drug-likeness (QED) is 0.594. The molecule has 7 heteroatoms. The molecule has 0 heterocycles. The summed E-state index contributed by atoms with van der Waals surface area (Å²) < 4.78 is 39.4. The third kappa shape index (κ3) is 4.47. The van der Waals surface area contributed by atoms with Crippen molar-refractivity contribution >= 4 is 27.5 Å². The fraction of sp³-hybridized carbons (Fsp3) is 0.455. The molecule has 1 rings (SSSR count). The standard InChI is InChI=1S/C11H17FN2O2S2/c1-17-7-3-2-6-14-18(15,16)11-8-9(13)4-5-10(11)12/h4-5,8,14H,2-3,6-7,13H2,1H3. The van der Waals surface area contributed by atoms with E-state index in [1.165, 1.54) is 6.07 Å². The van der Waals surface area contributed by atoms with Gasteiger partial charge in [-0.15, -0.1) is 0 Å². The van der Waals surface area contributed by atoms with Crippen molar-refractivity contribution in [2.45, 2.75) is 17.7 Å². The lowest BCUT2D eigenvalue weighted by Crippen LogP contribution is -2.25. The average Bonchev–Trinajstić information content (AvgIpc) is 2.32. The van der Waals surface area contributed by atoms with Crippen LogP contribution in [0.2, 0.25) is 0 Å². The van der Waals surface area contributed by atoms with Gasteiger partial charge in [0.25, 0.3) is 0 Å². The lowest BCUT2D eigenvalue weighted by molar-refractivity contribution is 0.555. The van der Waals surface area contributed by atoms with Gasteiger partial charge >= 0.3 is 0 Å². The molecule has 0 saturated carbocycles. The van der Waals surface area contributed by atoms with Crippen molar-refractivity contribution in [1.29, 1.82) is 0 Å². The molecule has 0 spiro atoms. The van der Waals surface area contributed by atoms with Gasteiger partial charge in [0.1, 0.15) is 10.7 Å². The van der Waals surface area contributed by atoms with E-state index in [-0.39, 0.29) is 5.69 Å². The predicted molar refractivity (Wildman–Crippen MR) is 73.6 cm³/mol. The largest absolute Gasteiger partial charge is 0.399 e. The van der Waals surface area contributed by atoms with E-state index in [1.54, 1.807) is 11.8 Å². The molecule has 3 N–H and O–H groups in total. The molecule has 1 aromatic rings. The summed E-state index contributed by atoms with van der Waals surface area (Å²) in [4.78, 5) is -0.396. The molecule has 102 valence electrons. The van der Waals surface area contributed by atoms with E-state index in [0.29, 0.717) is 6.54 Å². The molecular weight excluding hydrogens is 275 g/mol. The van der Waals surface area contributed by atoms with E-state index in [4.69, 9.17) is 5.73 Å². The minimum Gasteiger partial charge on any atom is -0.399 e. The number of hydrogen-bond donors (Lipinski definition) is 2. The number of halogens is 1. The first-order valence-electron chi connectivity index (χ1n) is 5.51. The molecule has 0 fully saturated rings. The SMILES string of the molecule is CSCCCCNS(=O)(=O)c1cc(N)ccc1F. The highest BCUT2D eigenvalue weighted by Gasteiger charge is 2.18. The van der Waals surface area contributed by atoms with Crippen molar-refractivity contribution in [2.75, 3.05) is 24.3 Å². The lowest BCUT2D eigenvalue weighted by atomic mass is 10.3. The second-order valence-electron chi connectivity index (χ2n) is 3.79. The Balaban J connectivity index is 2.66. The monoisotopic (exact) mass is 292 g/mol. The molecule has 0 amide bonds. The average molecular weight is 292 g/mol. The first kappa shape index (κ1) is 15.3. The number of hydrogen-bond acceptors (Lipinski definition) is 4. The van der Waals surface area contributed by atoms with Crippen molar-refractivity contribution in [1.82, 2.24) is 4.72 Å². The number of thioether (sulfide) groups is 1. The number of rotatable bonds is 7. The summed E-state index contributed by atoms with van der Waals surface area (Å²) in [5.41, 5.74) is 5.68. The molecule has 1 aromatic carbocycles. The maximum Gasteiger partial charge on any atom is 0.243 e. The first-order valence-corrected chi connectivity index (χ1v) is 8.38. The Bertz CT molecular complexity index is 492. The van der Waals surface area contributed by atoms with Crippen LogP contribution in [0.5, 0.6) is 0 Å². The number of nitrogens with one attached hydrogen (secondary N) is 1. The van der Waals surface area contributed by atoms with Gasteiger partial charge in [-0.05, 0) is 43.0 Å². The number of unbranched alkanes of at least 4 members (excludes halogenated alkanes) is 1. The van der Waals surface area contributed by atoms with Crippen LogP contribution in [-0.2, 0) is 10.0 Å². The zero-order chi connectivity index (χ0) is 13.6. The molecule has 0 atom stereocenters. The van der Waals surface area contributed by atoms with Crippen LogP contribution >= 0.6 is 11.8 Å². The van der Waals surface area contributed by atoms with Crippen LogP contribution in [0.3, 0.4) is 0 Å². The third-order valence-electron chi connectivity index (χ3n) is 2.31. The molecule has 0 aliphatic heterocycles. The highest BCUT2D eigenvalue weighted by atomic mass is 32.2. The Morgan fingerprint density at radius 1 is 1.39 bits per heavy atom.